The molecule has 164 valence electrons. The van der Waals surface area contributed by atoms with Crippen LogP contribution in [0.1, 0.15) is 44.4 Å². The van der Waals surface area contributed by atoms with E-state index in [1.807, 2.05) is 20.8 Å². The van der Waals surface area contributed by atoms with Crippen molar-refractivity contribution in [3.63, 3.8) is 0 Å². The van der Waals surface area contributed by atoms with Gasteiger partial charge in [0, 0.05) is 24.6 Å². The molecule has 0 saturated heterocycles. The first-order chi connectivity index (χ1) is 14.5. The van der Waals surface area contributed by atoms with Gasteiger partial charge in [-0.3, -0.25) is 4.79 Å². The van der Waals surface area contributed by atoms with Crippen LogP contribution >= 0.6 is 0 Å². The van der Waals surface area contributed by atoms with E-state index in [9.17, 15) is 18.4 Å². The number of hydrogen-bond donors (Lipinski definition) is 1. The van der Waals surface area contributed by atoms with Gasteiger partial charge in [-0.05, 0) is 44.5 Å². The molecule has 0 bridgehead atoms. The molecule has 1 aliphatic rings. The third-order valence-corrected chi connectivity index (χ3v) is 4.81. The van der Waals surface area contributed by atoms with Crippen LogP contribution in [0.5, 0.6) is 0 Å². The van der Waals surface area contributed by atoms with E-state index in [0.717, 1.165) is 0 Å². The van der Waals surface area contributed by atoms with Crippen LogP contribution in [0.4, 0.5) is 13.6 Å². The van der Waals surface area contributed by atoms with E-state index < -0.39 is 35.2 Å². The van der Waals surface area contributed by atoms with E-state index >= 15 is 0 Å². The zero-order valence-corrected chi connectivity index (χ0v) is 18.0. The van der Waals surface area contributed by atoms with Crippen LogP contribution in [0.3, 0.4) is 0 Å². The Morgan fingerprint density at radius 1 is 1.13 bits per heavy atom. The summed E-state index contributed by atoms with van der Waals surface area (Å²) in [5, 5.41) is 8.45. The fraction of sp³-hybridized carbons (Fsp3) is 0.348. The Kier molecular flexibility index (Phi) is 6.38. The minimum Gasteiger partial charge on any atom is -0.333 e. The van der Waals surface area contributed by atoms with Crippen molar-refractivity contribution in [3.05, 3.63) is 71.3 Å². The van der Waals surface area contributed by atoms with Gasteiger partial charge in [0.15, 0.2) is 0 Å². The molecule has 3 rings (SSSR count). The smallest absolute Gasteiger partial charge is 0.318 e. The number of halogens is 2. The van der Waals surface area contributed by atoms with Crippen molar-refractivity contribution in [1.29, 1.82) is 0 Å². The highest BCUT2D eigenvalue weighted by Crippen LogP contribution is 2.33. The lowest BCUT2D eigenvalue weighted by Gasteiger charge is -2.27. The van der Waals surface area contributed by atoms with Crippen LogP contribution in [-0.4, -0.2) is 46.7 Å². The summed E-state index contributed by atoms with van der Waals surface area (Å²) in [6.45, 7) is 5.32. The van der Waals surface area contributed by atoms with Gasteiger partial charge in [-0.25, -0.2) is 18.6 Å². The van der Waals surface area contributed by atoms with Gasteiger partial charge in [0.2, 0.25) is 0 Å². The molecule has 1 N–H and O–H groups in total. The van der Waals surface area contributed by atoms with Gasteiger partial charge in [-0.15, -0.1) is 0 Å². The van der Waals surface area contributed by atoms with Crippen molar-refractivity contribution in [3.8, 4) is 0 Å². The topological polar surface area (TPSA) is 65.0 Å². The SMILES string of the molecule is CN(CC(=O)N1N=C(c2ccccc2F)C[C@@H]1c1ccc(F)cc1)C(=O)NC(C)(C)C. The highest BCUT2D eigenvalue weighted by Gasteiger charge is 2.34. The summed E-state index contributed by atoms with van der Waals surface area (Å²) in [4.78, 5) is 26.7. The predicted octanol–water partition coefficient (Wildman–Crippen LogP) is 4.08. The fourth-order valence-corrected chi connectivity index (χ4v) is 3.31. The van der Waals surface area contributed by atoms with Gasteiger partial charge in [0.05, 0.1) is 11.8 Å². The first-order valence-corrected chi connectivity index (χ1v) is 9.98. The Labute approximate surface area is 180 Å². The standard InChI is InChI=1S/C23H26F2N4O2/c1-23(2,3)26-22(31)28(4)14-21(30)29-20(15-9-11-16(24)12-10-15)13-19(27-29)17-7-5-6-8-18(17)25/h5-12,20H,13-14H2,1-4H3,(H,26,31)/t20-/m1/s1. The molecular weight excluding hydrogens is 402 g/mol. The molecule has 0 fully saturated rings. The molecule has 6 nitrogen and oxygen atoms in total. The predicted molar refractivity (Wildman–Crippen MR) is 114 cm³/mol. The normalized spacial score (nSPS) is 16.1. The van der Waals surface area contributed by atoms with Crippen molar-refractivity contribution in [2.45, 2.75) is 38.8 Å². The van der Waals surface area contributed by atoms with Crippen LogP contribution in [0.2, 0.25) is 0 Å². The maximum Gasteiger partial charge on any atom is 0.318 e. The summed E-state index contributed by atoms with van der Waals surface area (Å²) < 4.78 is 27.7. The minimum atomic E-state index is -0.526. The summed E-state index contributed by atoms with van der Waals surface area (Å²) in [7, 11) is 1.52. The Morgan fingerprint density at radius 2 is 1.77 bits per heavy atom. The van der Waals surface area contributed by atoms with Crippen molar-refractivity contribution < 1.29 is 18.4 Å². The highest BCUT2D eigenvalue weighted by atomic mass is 19.1. The molecular formula is C23H26F2N4O2. The highest BCUT2D eigenvalue weighted by molar-refractivity contribution is 6.03. The average molecular weight is 428 g/mol. The number of hydrogen-bond acceptors (Lipinski definition) is 3. The fourth-order valence-electron chi connectivity index (χ4n) is 3.31. The Bertz CT molecular complexity index is 999. The van der Waals surface area contributed by atoms with Crippen LogP contribution in [0, 0.1) is 11.6 Å². The molecule has 3 amide bonds. The second-order valence-corrected chi connectivity index (χ2v) is 8.57. The molecule has 0 radical (unpaired) electrons. The van der Waals surface area contributed by atoms with Crippen LogP contribution in [-0.2, 0) is 4.79 Å². The maximum atomic E-state index is 14.3. The van der Waals surface area contributed by atoms with Crippen molar-refractivity contribution >= 4 is 17.6 Å². The summed E-state index contributed by atoms with van der Waals surface area (Å²) in [6.07, 6.45) is 0.274. The third kappa shape index (κ3) is 5.45. The number of carbonyl (C=O) groups excluding carboxylic acids is 2. The third-order valence-electron chi connectivity index (χ3n) is 4.81. The van der Waals surface area contributed by atoms with E-state index in [4.69, 9.17) is 0 Å². The molecule has 0 aromatic heterocycles. The number of carbonyl (C=O) groups is 2. The van der Waals surface area contributed by atoms with Gasteiger partial charge in [0.25, 0.3) is 5.91 Å². The number of benzene rings is 2. The van der Waals surface area contributed by atoms with E-state index in [1.165, 1.54) is 35.2 Å². The van der Waals surface area contributed by atoms with Crippen molar-refractivity contribution in [1.82, 2.24) is 15.2 Å². The zero-order chi connectivity index (χ0) is 22.8. The number of likely N-dealkylation sites (N-methyl/N-ethyl adjacent to an activating group) is 1. The van der Waals surface area contributed by atoms with E-state index in [0.29, 0.717) is 16.8 Å². The van der Waals surface area contributed by atoms with Gasteiger partial charge >= 0.3 is 6.03 Å². The van der Waals surface area contributed by atoms with E-state index in [-0.39, 0.29) is 13.0 Å². The molecule has 1 aliphatic heterocycles. The van der Waals surface area contributed by atoms with Crippen molar-refractivity contribution in [2.24, 2.45) is 5.10 Å². The summed E-state index contributed by atoms with van der Waals surface area (Å²) in [5.74, 6) is -1.25. The first-order valence-electron chi connectivity index (χ1n) is 9.98. The lowest BCUT2D eigenvalue weighted by Crippen LogP contribution is -2.49. The first kappa shape index (κ1) is 22.4. The molecule has 0 saturated carbocycles. The molecule has 2 aromatic rings. The Morgan fingerprint density at radius 3 is 2.39 bits per heavy atom. The summed E-state index contributed by atoms with van der Waals surface area (Å²) >= 11 is 0. The number of urea groups is 1. The molecule has 31 heavy (non-hydrogen) atoms. The summed E-state index contributed by atoms with van der Waals surface area (Å²) in [6, 6.07) is 11.1. The minimum absolute atomic E-state index is 0.215. The Hall–Kier alpha value is -3.29. The average Bonchev–Trinajstić information content (AvgIpc) is 3.13. The lowest BCUT2D eigenvalue weighted by molar-refractivity contribution is -0.133. The van der Waals surface area contributed by atoms with E-state index in [1.54, 1.807) is 30.3 Å². The second kappa shape index (κ2) is 8.83. The number of nitrogens with zero attached hydrogens (tertiary/aromatic N) is 3. The quantitative estimate of drug-likeness (QED) is 0.798. The number of hydrazone groups is 1. The van der Waals surface area contributed by atoms with Crippen LogP contribution < -0.4 is 5.32 Å². The maximum absolute atomic E-state index is 14.3. The molecule has 0 aliphatic carbocycles. The Balaban J connectivity index is 1.86. The van der Waals surface area contributed by atoms with E-state index in [2.05, 4.69) is 10.4 Å². The number of amides is 3. The number of nitrogens with one attached hydrogen (secondary N) is 1. The molecule has 1 atom stereocenters. The van der Waals surface area contributed by atoms with Gasteiger partial charge in [-0.2, -0.15) is 5.10 Å². The number of rotatable bonds is 4. The van der Waals surface area contributed by atoms with Crippen LogP contribution in [0.25, 0.3) is 0 Å². The lowest BCUT2D eigenvalue weighted by atomic mass is 9.98. The largest absolute Gasteiger partial charge is 0.333 e. The molecule has 2 aromatic carbocycles. The van der Waals surface area contributed by atoms with Gasteiger partial charge in [-0.1, -0.05) is 30.3 Å². The van der Waals surface area contributed by atoms with Crippen LogP contribution in [0.15, 0.2) is 53.6 Å². The van der Waals surface area contributed by atoms with Crippen molar-refractivity contribution in [2.75, 3.05) is 13.6 Å². The van der Waals surface area contributed by atoms with Gasteiger partial charge in [0.1, 0.15) is 18.2 Å². The van der Waals surface area contributed by atoms with Gasteiger partial charge < -0.3 is 10.2 Å². The zero-order valence-electron chi connectivity index (χ0n) is 18.0. The monoisotopic (exact) mass is 428 g/mol. The summed E-state index contributed by atoms with van der Waals surface area (Å²) in [5.41, 5.74) is 0.951. The second-order valence-electron chi connectivity index (χ2n) is 8.57. The molecule has 1 heterocycles. The molecule has 0 spiro atoms. The molecule has 8 heteroatoms. The molecule has 0 unspecified atom stereocenters.